The Kier molecular flexibility index (Phi) is 4.47. The average Bonchev–Trinajstić information content (AvgIpc) is 2.86. The Morgan fingerprint density at radius 2 is 2.30 bits per heavy atom. The van der Waals surface area contributed by atoms with Crippen LogP contribution in [0.3, 0.4) is 0 Å². The summed E-state index contributed by atoms with van der Waals surface area (Å²) in [7, 11) is 0. The minimum absolute atomic E-state index is 0.0453. The van der Waals surface area contributed by atoms with E-state index in [-0.39, 0.29) is 18.6 Å². The monoisotopic (exact) mass is 275 g/mol. The molecule has 20 heavy (non-hydrogen) atoms. The molecule has 2 aromatic rings. The minimum atomic E-state index is -0.187. The summed E-state index contributed by atoms with van der Waals surface area (Å²) in [5, 5.41) is 15.5. The molecule has 6 nitrogen and oxygen atoms in total. The highest BCUT2D eigenvalue weighted by Crippen LogP contribution is 2.17. The van der Waals surface area contributed by atoms with E-state index in [1.807, 2.05) is 13.0 Å². The van der Waals surface area contributed by atoms with Crippen LogP contribution in [0.4, 0.5) is 0 Å². The van der Waals surface area contributed by atoms with E-state index in [0.29, 0.717) is 23.7 Å². The zero-order valence-electron chi connectivity index (χ0n) is 11.5. The minimum Gasteiger partial charge on any atom is -0.396 e. The van der Waals surface area contributed by atoms with Gasteiger partial charge in [0, 0.05) is 30.7 Å². The first-order chi connectivity index (χ1) is 9.60. The van der Waals surface area contributed by atoms with Crippen LogP contribution in [-0.2, 0) is 0 Å². The number of aryl methyl sites for hydroxylation is 1. The van der Waals surface area contributed by atoms with Crippen molar-refractivity contribution < 1.29 is 14.4 Å². The van der Waals surface area contributed by atoms with Crippen LogP contribution in [0.15, 0.2) is 28.8 Å². The Bertz CT molecular complexity index is 595. The molecule has 106 valence electrons. The fraction of sp³-hybridized carbons (Fsp3) is 0.357. The van der Waals surface area contributed by atoms with Crippen LogP contribution in [0.5, 0.6) is 0 Å². The SMILES string of the molecule is Cc1nc(-c2cccc(C(=O)N[C@H](C)CCO)c2)no1. The lowest BCUT2D eigenvalue weighted by Gasteiger charge is -2.12. The van der Waals surface area contributed by atoms with Gasteiger partial charge in [0.25, 0.3) is 5.91 Å². The highest BCUT2D eigenvalue weighted by molar-refractivity contribution is 5.95. The van der Waals surface area contributed by atoms with Crippen LogP contribution in [0.1, 0.15) is 29.6 Å². The lowest BCUT2D eigenvalue weighted by Crippen LogP contribution is -2.33. The summed E-state index contributed by atoms with van der Waals surface area (Å²) in [6, 6.07) is 6.94. The van der Waals surface area contributed by atoms with Crippen LogP contribution < -0.4 is 5.32 Å². The number of carbonyl (C=O) groups is 1. The van der Waals surface area contributed by atoms with E-state index < -0.39 is 0 Å². The predicted molar refractivity (Wildman–Crippen MR) is 73.1 cm³/mol. The molecular weight excluding hydrogens is 258 g/mol. The van der Waals surface area contributed by atoms with Gasteiger partial charge in [0.15, 0.2) is 0 Å². The summed E-state index contributed by atoms with van der Waals surface area (Å²) in [4.78, 5) is 16.2. The molecule has 0 aliphatic heterocycles. The molecular formula is C14H17N3O3. The predicted octanol–water partition coefficient (Wildman–Crippen LogP) is 1.55. The first-order valence-corrected chi connectivity index (χ1v) is 6.42. The van der Waals surface area contributed by atoms with E-state index in [1.54, 1.807) is 25.1 Å². The molecule has 1 heterocycles. The molecule has 1 aromatic carbocycles. The van der Waals surface area contributed by atoms with Gasteiger partial charge in [0.05, 0.1) is 0 Å². The highest BCUT2D eigenvalue weighted by Gasteiger charge is 2.12. The lowest BCUT2D eigenvalue weighted by atomic mass is 10.1. The normalized spacial score (nSPS) is 12.2. The Morgan fingerprint density at radius 1 is 1.50 bits per heavy atom. The second-order valence-electron chi connectivity index (χ2n) is 4.60. The zero-order chi connectivity index (χ0) is 14.5. The van der Waals surface area contributed by atoms with Gasteiger partial charge in [-0.3, -0.25) is 4.79 Å². The Balaban J connectivity index is 2.15. The van der Waals surface area contributed by atoms with E-state index >= 15 is 0 Å². The van der Waals surface area contributed by atoms with Gasteiger partial charge in [-0.15, -0.1) is 0 Å². The Hall–Kier alpha value is -2.21. The third kappa shape index (κ3) is 3.42. The van der Waals surface area contributed by atoms with Crippen LogP contribution in [0.2, 0.25) is 0 Å². The van der Waals surface area contributed by atoms with Crippen LogP contribution >= 0.6 is 0 Å². The molecule has 0 fully saturated rings. The second-order valence-corrected chi connectivity index (χ2v) is 4.60. The quantitative estimate of drug-likeness (QED) is 0.864. The topological polar surface area (TPSA) is 88.2 Å². The van der Waals surface area contributed by atoms with E-state index in [9.17, 15) is 4.79 Å². The third-order valence-corrected chi connectivity index (χ3v) is 2.85. The standard InChI is InChI=1S/C14H17N3O3/c1-9(6-7-18)15-14(19)12-5-3-4-11(8-12)13-16-10(2)20-17-13/h3-5,8-9,18H,6-7H2,1-2H3,(H,15,19)/t9-/m1/s1. The number of nitrogens with one attached hydrogen (secondary N) is 1. The third-order valence-electron chi connectivity index (χ3n) is 2.85. The Morgan fingerprint density at radius 3 is 2.95 bits per heavy atom. The van der Waals surface area contributed by atoms with Gasteiger partial charge in [-0.05, 0) is 25.5 Å². The maximum Gasteiger partial charge on any atom is 0.251 e. The summed E-state index contributed by atoms with van der Waals surface area (Å²) in [5.41, 5.74) is 1.25. The van der Waals surface area contributed by atoms with Crippen molar-refractivity contribution in [3.05, 3.63) is 35.7 Å². The molecule has 1 amide bonds. The number of nitrogens with zero attached hydrogens (tertiary/aromatic N) is 2. The summed E-state index contributed by atoms with van der Waals surface area (Å²) in [5.74, 6) is 0.750. The van der Waals surface area contributed by atoms with E-state index in [1.165, 1.54) is 0 Å². The molecule has 1 aromatic heterocycles. The van der Waals surface area contributed by atoms with Crippen molar-refractivity contribution in [2.45, 2.75) is 26.3 Å². The van der Waals surface area contributed by atoms with Gasteiger partial charge in [-0.25, -0.2) is 0 Å². The van der Waals surface area contributed by atoms with Crippen molar-refractivity contribution in [1.29, 1.82) is 0 Å². The largest absolute Gasteiger partial charge is 0.396 e. The molecule has 0 saturated heterocycles. The zero-order valence-corrected chi connectivity index (χ0v) is 11.5. The molecule has 0 aliphatic rings. The molecule has 0 bridgehead atoms. The second kappa shape index (κ2) is 6.29. The number of aliphatic hydroxyl groups excluding tert-OH is 1. The van der Waals surface area contributed by atoms with E-state index in [2.05, 4.69) is 15.5 Å². The molecule has 0 spiro atoms. The van der Waals surface area contributed by atoms with Gasteiger partial charge in [-0.2, -0.15) is 4.98 Å². The van der Waals surface area contributed by atoms with Crippen molar-refractivity contribution >= 4 is 5.91 Å². The first-order valence-electron chi connectivity index (χ1n) is 6.42. The smallest absolute Gasteiger partial charge is 0.251 e. The summed E-state index contributed by atoms with van der Waals surface area (Å²) >= 11 is 0. The molecule has 1 atom stereocenters. The Labute approximate surface area is 116 Å². The number of benzene rings is 1. The van der Waals surface area contributed by atoms with Crippen molar-refractivity contribution in [2.75, 3.05) is 6.61 Å². The number of amides is 1. The van der Waals surface area contributed by atoms with Gasteiger partial charge < -0.3 is 14.9 Å². The van der Waals surface area contributed by atoms with Gasteiger partial charge in [0.1, 0.15) is 0 Å². The fourth-order valence-corrected chi connectivity index (χ4v) is 1.79. The number of carbonyl (C=O) groups excluding carboxylic acids is 1. The van der Waals surface area contributed by atoms with E-state index in [4.69, 9.17) is 9.63 Å². The maximum atomic E-state index is 12.1. The lowest BCUT2D eigenvalue weighted by molar-refractivity contribution is 0.0934. The molecule has 0 unspecified atom stereocenters. The van der Waals surface area contributed by atoms with Crippen molar-refractivity contribution in [2.24, 2.45) is 0 Å². The van der Waals surface area contributed by atoms with Crippen molar-refractivity contribution in [3.8, 4) is 11.4 Å². The molecule has 2 N–H and O–H groups in total. The van der Waals surface area contributed by atoms with Crippen LogP contribution in [0, 0.1) is 6.92 Å². The average molecular weight is 275 g/mol. The number of hydrogen-bond acceptors (Lipinski definition) is 5. The maximum absolute atomic E-state index is 12.1. The number of aromatic nitrogens is 2. The molecule has 6 heteroatoms. The van der Waals surface area contributed by atoms with Crippen LogP contribution in [-0.4, -0.2) is 33.8 Å². The first kappa shape index (κ1) is 14.2. The van der Waals surface area contributed by atoms with Crippen molar-refractivity contribution in [3.63, 3.8) is 0 Å². The van der Waals surface area contributed by atoms with E-state index in [0.717, 1.165) is 5.56 Å². The van der Waals surface area contributed by atoms with Crippen LogP contribution in [0.25, 0.3) is 11.4 Å². The summed E-state index contributed by atoms with van der Waals surface area (Å²) < 4.78 is 4.93. The van der Waals surface area contributed by atoms with Gasteiger partial charge in [0.2, 0.25) is 11.7 Å². The van der Waals surface area contributed by atoms with Crippen molar-refractivity contribution in [1.82, 2.24) is 15.5 Å². The van der Waals surface area contributed by atoms with Gasteiger partial charge >= 0.3 is 0 Å². The summed E-state index contributed by atoms with van der Waals surface area (Å²) in [6.07, 6.45) is 0.523. The summed E-state index contributed by atoms with van der Waals surface area (Å²) in [6.45, 7) is 3.60. The molecule has 0 aliphatic carbocycles. The highest BCUT2D eigenvalue weighted by atomic mass is 16.5. The number of aliphatic hydroxyl groups is 1. The molecule has 0 saturated carbocycles. The number of hydrogen-bond donors (Lipinski definition) is 2. The molecule has 0 radical (unpaired) electrons. The molecule has 2 rings (SSSR count). The van der Waals surface area contributed by atoms with Gasteiger partial charge in [-0.1, -0.05) is 17.3 Å². The number of rotatable bonds is 5. The fourth-order valence-electron chi connectivity index (χ4n) is 1.79.